The van der Waals surface area contributed by atoms with Crippen LogP contribution in [0.1, 0.15) is 45.7 Å². The van der Waals surface area contributed by atoms with E-state index >= 15 is 0 Å². The van der Waals surface area contributed by atoms with Crippen molar-refractivity contribution in [1.82, 2.24) is 9.71 Å². The predicted molar refractivity (Wildman–Crippen MR) is 85.4 cm³/mol. The Bertz CT molecular complexity index is 501. The van der Waals surface area contributed by atoms with Gasteiger partial charge in [-0.2, -0.15) is 0 Å². The highest BCUT2D eigenvalue weighted by molar-refractivity contribution is 7.84. The van der Waals surface area contributed by atoms with Gasteiger partial charge in [0.2, 0.25) is 0 Å². The molecule has 0 bridgehead atoms. The Morgan fingerprint density at radius 2 is 2.19 bits per heavy atom. The molecule has 118 valence electrons. The molecule has 1 N–H and O–H groups in total. The molecule has 0 unspecified atom stereocenters. The molecule has 2 rings (SSSR count). The Hall–Kier alpha value is -1.01. The van der Waals surface area contributed by atoms with Crippen LogP contribution < -0.4 is 9.62 Å². The molecule has 1 aliphatic heterocycles. The van der Waals surface area contributed by atoms with Crippen LogP contribution in [0.15, 0.2) is 18.3 Å². The summed E-state index contributed by atoms with van der Waals surface area (Å²) in [7, 11) is -1.12. The van der Waals surface area contributed by atoms with Crippen molar-refractivity contribution < 1.29 is 8.60 Å². The molecule has 0 saturated carbocycles. The lowest BCUT2D eigenvalue weighted by Gasteiger charge is -2.22. The molecule has 3 atom stereocenters. The number of alkyl halides is 1. The third kappa shape index (κ3) is 4.23. The van der Waals surface area contributed by atoms with Crippen molar-refractivity contribution >= 4 is 16.8 Å². The van der Waals surface area contributed by atoms with Gasteiger partial charge in [-0.3, -0.25) is 0 Å². The maximum atomic E-state index is 13.2. The molecule has 1 fully saturated rings. The quantitative estimate of drug-likeness (QED) is 0.929. The van der Waals surface area contributed by atoms with Crippen LogP contribution in [0.2, 0.25) is 0 Å². The zero-order chi connectivity index (χ0) is 15.6. The number of hydrogen-bond acceptors (Lipinski definition) is 3. The Kier molecular flexibility index (Phi) is 4.99. The van der Waals surface area contributed by atoms with E-state index in [1.165, 1.54) is 0 Å². The minimum Gasteiger partial charge on any atom is -0.354 e. The van der Waals surface area contributed by atoms with Gasteiger partial charge < -0.3 is 4.90 Å². The fourth-order valence-electron chi connectivity index (χ4n) is 2.17. The van der Waals surface area contributed by atoms with Gasteiger partial charge in [-0.15, -0.1) is 0 Å². The lowest BCUT2D eigenvalue weighted by Crippen LogP contribution is -2.34. The van der Waals surface area contributed by atoms with Crippen molar-refractivity contribution in [2.24, 2.45) is 0 Å². The fourth-order valence-corrected chi connectivity index (χ4v) is 2.98. The third-order valence-electron chi connectivity index (χ3n) is 3.57. The summed E-state index contributed by atoms with van der Waals surface area (Å²) in [5.74, 6) is 0.808. The van der Waals surface area contributed by atoms with E-state index in [2.05, 4.69) is 9.71 Å². The second kappa shape index (κ2) is 6.40. The summed E-state index contributed by atoms with van der Waals surface area (Å²) in [5.41, 5.74) is 0.979. The van der Waals surface area contributed by atoms with Crippen LogP contribution in [-0.4, -0.2) is 33.2 Å². The summed E-state index contributed by atoms with van der Waals surface area (Å²) in [6, 6.07) is 3.83. The zero-order valence-electron chi connectivity index (χ0n) is 13.1. The lowest BCUT2D eigenvalue weighted by molar-refractivity contribution is 0.364. The molecule has 1 aromatic heterocycles. The van der Waals surface area contributed by atoms with E-state index in [0.717, 1.165) is 17.9 Å². The first kappa shape index (κ1) is 16.4. The van der Waals surface area contributed by atoms with Crippen LogP contribution in [0, 0.1) is 0 Å². The van der Waals surface area contributed by atoms with Gasteiger partial charge in [-0.25, -0.2) is 18.3 Å². The predicted octanol–water partition coefficient (Wildman–Crippen LogP) is 2.74. The van der Waals surface area contributed by atoms with Crippen molar-refractivity contribution in [3.8, 4) is 0 Å². The van der Waals surface area contributed by atoms with Gasteiger partial charge in [-0.05, 0) is 45.7 Å². The summed E-state index contributed by atoms with van der Waals surface area (Å²) >= 11 is 0. The number of halogens is 1. The van der Waals surface area contributed by atoms with E-state index < -0.39 is 17.2 Å². The summed E-state index contributed by atoms with van der Waals surface area (Å²) in [6.45, 7) is 8.91. The number of hydrogen-bond donors (Lipinski definition) is 1. The summed E-state index contributed by atoms with van der Waals surface area (Å²) in [6.07, 6.45) is 1.60. The Morgan fingerprint density at radius 3 is 2.67 bits per heavy atom. The first-order valence-electron chi connectivity index (χ1n) is 7.30. The monoisotopic (exact) mass is 313 g/mol. The SMILES string of the molecule is C[C@H](N[S@@](=O)C(C)(C)C)c1ccc(N2CC[C@@H](F)C2)nc1. The average Bonchev–Trinajstić information content (AvgIpc) is 2.84. The molecule has 0 amide bonds. The maximum Gasteiger partial charge on any atom is 0.128 e. The van der Waals surface area contributed by atoms with Gasteiger partial charge in [0.05, 0.1) is 22.3 Å². The molecular formula is C15H24FN3OS. The minimum atomic E-state index is -1.12. The largest absolute Gasteiger partial charge is 0.354 e. The van der Waals surface area contributed by atoms with E-state index in [0.29, 0.717) is 13.0 Å². The van der Waals surface area contributed by atoms with Gasteiger partial charge in [0.1, 0.15) is 12.0 Å². The zero-order valence-corrected chi connectivity index (χ0v) is 13.9. The summed E-state index contributed by atoms with van der Waals surface area (Å²) < 4.78 is 28.1. The van der Waals surface area contributed by atoms with Gasteiger partial charge in [0, 0.05) is 18.8 Å². The lowest BCUT2D eigenvalue weighted by atomic mass is 10.1. The highest BCUT2D eigenvalue weighted by atomic mass is 32.2. The molecule has 21 heavy (non-hydrogen) atoms. The first-order valence-corrected chi connectivity index (χ1v) is 8.45. The number of nitrogens with zero attached hydrogens (tertiary/aromatic N) is 2. The molecule has 0 aliphatic carbocycles. The third-order valence-corrected chi connectivity index (χ3v) is 5.25. The fraction of sp³-hybridized carbons (Fsp3) is 0.667. The number of anilines is 1. The second-order valence-corrected chi connectivity index (χ2v) is 8.50. The van der Waals surface area contributed by atoms with Gasteiger partial charge in [0.15, 0.2) is 0 Å². The molecule has 4 nitrogen and oxygen atoms in total. The van der Waals surface area contributed by atoms with Crippen LogP contribution in [0.3, 0.4) is 0 Å². The van der Waals surface area contributed by atoms with Crippen LogP contribution >= 0.6 is 0 Å². The summed E-state index contributed by atoms with van der Waals surface area (Å²) in [5, 5.41) is 0. The number of rotatable bonds is 4. The molecule has 6 heteroatoms. The van der Waals surface area contributed by atoms with E-state index in [-0.39, 0.29) is 10.8 Å². The Labute approximate surface area is 128 Å². The normalized spacial score (nSPS) is 22.3. The van der Waals surface area contributed by atoms with Gasteiger partial charge in [0.25, 0.3) is 0 Å². The average molecular weight is 313 g/mol. The highest BCUT2D eigenvalue weighted by Gasteiger charge is 2.24. The van der Waals surface area contributed by atoms with Crippen molar-refractivity contribution in [1.29, 1.82) is 0 Å². The van der Waals surface area contributed by atoms with E-state index in [1.807, 2.05) is 44.7 Å². The van der Waals surface area contributed by atoms with Crippen LogP contribution in [0.4, 0.5) is 10.2 Å². The molecule has 1 aliphatic rings. The van der Waals surface area contributed by atoms with Gasteiger partial charge in [-0.1, -0.05) is 6.07 Å². The van der Waals surface area contributed by atoms with Gasteiger partial charge >= 0.3 is 0 Å². The van der Waals surface area contributed by atoms with Crippen LogP contribution in [-0.2, 0) is 11.0 Å². The molecule has 0 aromatic carbocycles. The van der Waals surface area contributed by atoms with E-state index in [4.69, 9.17) is 0 Å². The highest BCUT2D eigenvalue weighted by Crippen LogP contribution is 2.22. The molecule has 1 saturated heterocycles. The minimum absolute atomic E-state index is 0.0425. The van der Waals surface area contributed by atoms with Crippen molar-refractivity contribution in [3.63, 3.8) is 0 Å². The molecule has 1 aromatic rings. The number of pyridine rings is 1. The maximum absolute atomic E-state index is 13.2. The molecule has 0 spiro atoms. The molecule has 0 radical (unpaired) electrons. The number of aromatic nitrogens is 1. The molecular weight excluding hydrogens is 289 g/mol. The number of nitrogens with one attached hydrogen (secondary N) is 1. The van der Waals surface area contributed by atoms with Crippen molar-refractivity contribution in [2.75, 3.05) is 18.0 Å². The summed E-state index contributed by atoms with van der Waals surface area (Å²) in [4.78, 5) is 6.36. The Balaban J connectivity index is 2.00. The van der Waals surface area contributed by atoms with E-state index in [9.17, 15) is 8.60 Å². The van der Waals surface area contributed by atoms with Crippen molar-refractivity contribution in [2.45, 2.75) is 51.1 Å². The Morgan fingerprint density at radius 1 is 1.48 bits per heavy atom. The topological polar surface area (TPSA) is 45.2 Å². The standard InChI is InChI=1S/C15H24FN3OS/c1-11(18-21(20)15(2,3)4)12-5-6-14(17-9-12)19-8-7-13(16)10-19/h5-6,9,11,13,18H,7-8,10H2,1-4H3/t11-,13+,21-/m0/s1. The van der Waals surface area contributed by atoms with Crippen LogP contribution in [0.5, 0.6) is 0 Å². The second-order valence-electron chi connectivity index (χ2n) is 6.50. The smallest absolute Gasteiger partial charge is 0.128 e. The van der Waals surface area contributed by atoms with Crippen molar-refractivity contribution in [3.05, 3.63) is 23.9 Å². The van der Waals surface area contributed by atoms with E-state index in [1.54, 1.807) is 6.20 Å². The van der Waals surface area contributed by atoms with Crippen LogP contribution in [0.25, 0.3) is 0 Å². The molecule has 2 heterocycles. The first-order chi connectivity index (χ1) is 9.77.